The number of halogens is 2. The van der Waals surface area contributed by atoms with E-state index in [2.05, 4.69) is 0 Å². The second kappa shape index (κ2) is 8.85. The van der Waals surface area contributed by atoms with Crippen molar-refractivity contribution >= 4 is 29.1 Å². The predicted molar refractivity (Wildman–Crippen MR) is 112 cm³/mol. The molecule has 0 unspecified atom stereocenters. The van der Waals surface area contributed by atoms with Gasteiger partial charge in [-0.1, -0.05) is 23.7 Å². The number of hydrogen-bond donors (Lipinski definition) is 2. The largest absolute Gasteiger partial charge is 0.507 e. The summed E-state index contributed by atoms with van der Waals surface area (Å²) in [5, 5.41) is 21.3. The molecule has 0 bridgehead atoms. The van der Waals surface area contributed by atoms with Crippen molar-refractivity contribution in [2.75, 3.05) is 27.2 Å². The van der Waals surface area contributed by atoms with Gasteiger partial charge in [-0.3, -0.25) is 9.59 Å². The van der Waals surface area contributed by atoms with Crippen LogP contribution in [0.25, 0.3) is 5.76 Å². The molecule has 0 radical (unpaired) electrons. The van der Waals surface area contributed by atoms with Gasteiger partial charge < -0.3 is 20.0 Å². The molecule has 1 aliphatic heterocycles. The molecule has 3 rings (SSSR count). The number of Topliss-reactive ketones (excluding diaryl/α,β-unsaturated/α-hetero) is 1. The topological polar surface area (TPSA) is 81.1 Å². The lowest BCUT2D eigenvalue weighted by Gasteiger charge is -2.26. The standard InChI is InChI=1S/C22H22ClFN2O4/c1-25(2)10-3-11-26-19(13-4-7-15(24)8-5-13)18(21(29)22(26)30)20(28)16-12-14(23)6-9-17(16)27/h4-9,12,19,27-28H,3,10-11H2,1-2H3/t19-/m1/s1. The number of benzene rings is 2. The number of rotatable bonds is 6. The predicted octanol–water partition coefficient (Wildman–Crippen LogP) is 3.56. The minimum Gasteiger partial charge on any atom is -0.507 e. The smallest absolute Gasteiger partial charge is 0.295 e. The van der Waals surface area contributed by atoms with Crippen molar-refractivity contribution in [2.24, 2.45) is 0 Å². The summed E-state index contributed by atoms with van der Waals surface area (Å²) in [5.74, 6) is -2.90. The summed E-state index contributed by atoms with van der Waals surface area (Å²) < 4.78 is 13.5. The second-order valence-electron chi connectivity index (χ2n) is 7.36. The number of likely N-dealkylation sites (tertiary alicyclic amines) is 1. The van der Waals surface area contributed by atoms with E-state index in [9.17, 15) is 24.2 Å². The Labute approximate surface area is 178 Å². The molecule has 158 valence electrons. The maximum absolute atomic E-state index is 13.5. The van der Waals surface area contributed by atoms with Crippen LogP contribution in [-0.4, -0.2) is 58.9 Å². The van der Waals surface area contributed by atoms with Crippen molar-refractivity contribution in [2.45, 2.75) is 12.5 Å². The van der Waals surface area contributed by atoms with E-state index in [0.717, 1.165) is 0 Å². The summed E-state index contributed by atoms with van der Waals surface area (Å²) in [7, 11) is 3.79. The third kappa shape index (κ3) is 4.32. The SMILES string of the molecule is CN(C)CCCN1C(=O)C(=O)C(=C(O)c2cc(Cl)ccc2O)[C@H]1c1ccc(F)cc1. The first kappa shape index (κ1) is 21.8. The fraction of sp³-hybridized carbons (Fsp3) is 0.273. The van der Waals surface area contributed by atoms with Crippen LogP contribution in [0.2, 0.25) is 5.02 Å². The zero-order valence-corrected chi connectivity index (χ0v) is 17.4. The summed E-state index contributed by atoms with van der Waals surface area (Å²) in [6, 6.07) is 8.52. The Hall–Kier alpha value is -2.90. The van der Waals surface area contributed by atoms with Gasteiger partial charge >= 0.3 is 0 Å². The van der Waals surface area contributed by atoms with Gasteiger partial charge in [0.1, 0.15) is 17.3 Å². The van der Waals surface area contributed by atoms with Gasteiger partial charge in [0.2, 0.25) is 0 Å². The maximum Gasteiger partial charge on any atom is 0.295 e. The van der Waals surface area contributed by atoms with Gasteiger partial charge in [-0.2, -0.15) is 0 Å². The van der Waals surface area contributed by atoms with E-state index in [1.54, 1.807) is 0 Å². The highest BCUT2D eigenvalue weighted by Crippen LogP contribution is 2.41. The Kier molecular flexibility index (Phi) is 6.43. The Morgan fingerprint density at radius 3 is 2.47 bits per heavy atom. The Morgan fingerprint density at radius 1 is 1.17 bits per heavy atom. The number of phenols is 1. The van der Waals surface area contributed by atoms with E-state index in [1.807, 2.05) is 19.0 Å². The van der Waals surface area contributed by atoms with E-state index in [0.29, 0.717) is 18.5 Å². The molecule has 2 N–H and O–H groups in total. The lowest BCUT2D eigenvalue weighted by atomic mass is 9.95. The zero-order chi connectivity index (χ0) is 22.0. The second-order valence-corrected chi connectivity index (χ2v) is 7.80. The first-order valence-corrected chi connectivity index (χ1v) is 9.76. The van der Waals surface area contributed by atoms with E-state index in [4.69, 9.17) is 11.6 Å². The first-order chi connectivity index (χ1) is 14.2. The van der Waals surface area contributed by atoms with Crippen molar-refractivity contribution in [3.63, 3.8) is 0 Å². The van der Waals surface area contributed by atoms with Crippen molar-refractivity contribution in [3.8, 4) is 5.75 Å². The maximum atomic E-state index is 13.5. The quantitative estimate of drug-likeness (QED) is 0.414. The van der Waals surface area contributed by atoms with Crippen LogP contribution in [0.3, 0.4) is 0 Å². The van der Waals surface area contributed by atoms with Gasteiger partial charge in [0, 0.05) is 11.6 Å². The van der Waals surface area contributed by atoms with Crippen LogP contribution in [-0.2, 0) is 9.59 Å². The molecule has 2 aromatic rings. The minimum absolute atomic E-state index is 0.0547. The molecule has 0 aromatic heterocycles. The van der Waals surface area contributed by atoms with Gasteiger partial charge in [-0.05, 0) is 63.0 Å². The molecular formula is C22H22ClFN2O4. The monoisotopic (exact) mass is 432 g/mol. The molecule has 30 heavy (non-hydrogen) atoms. The molecule has 1 heterocycles. The van der Waals surface area contributed by atoms with E-state index < -0.39 is 29.3 Å². The van der Waals surface area contributed by atoms with E-state index in [-0.39, 0.29) is 28.5 Å². The van der Waals surface area contributed by atoms with Crippen LogP contribution in [0.4, 0.5) is 4.39 Å². The van der Waals surface area contributed by atoms with Crippen LogP contribution >= 0.6 is 11.6 Å². The summed E-state index contributed by atoms with van der Waals surface area (Å²) in [4.78, 5) is 29.0. The average Bonchev–Trinajstić information content (AvgIpc) is 2.94. The van der Waals surface area contributed by atoms with Crippen molar-refractivity contribution in [1.82, 2.24) is 9.80 Å². The highest BCUT2D eigenvalue weighted by Gasteiger charge is 2.46. The molecule has 1 amide bonds. The van der Waals surface area contributed by atoms with Gasteiger partial charge in [0.25, 0.3) is 11.7 Å². The fourth-order valence-electron chi connectivity index (χ4n) is 3.50. The minimum atomic E-state index is -0.911. The number of amides is 1. The lowest BCUT2D eigenvalue weighted by Crippen LogP contribution is -2.32. The lowest BCUT2D eigenvalue weighted by molar-refractivity contribution is -0.139. The molecule has 8 heteroatoms. The van der Waals surface area contributed by atoms with Crippen molar-refractivity contribution in [1.29, 1.82) is 0 Å². The first-order valence-electron chi connectivity index (χ1n) is 9.38. The number of aliphatic hydroxyl groups excluding tert-OH is 1. The molecule has 0 aliphatic carbocycles. The number of carbonyl (C=O) groups is 2. The van der Waals surface area contributed by atoms with Crippen molar-refractivity contribution < 1.29 is 24.2 Å². The van der Waals surface area contributed by atoms with Gasteiger partial charge in [0.05, 0.1) is 17.2 Å². The van der Waals surface area contributed by atoms with Crippen LogP contribution < -0.4 is 0 Å². The summed E-state index contributed by atoms with van der Waals surface area (Å²) in [6.07, 6.45) is 0.597. The molecule has 1 aliphatic rings. The number of carbonyl (C=O) groups excluding carboxylic acids is 2. The normalized spacial score (nSPS) is 18.4. The van der Waals surface area contributed by atoms with Crippen LogP contribution in [0.5, 0.6) is 5.75 Å². The summed E-state index contributed by atoms with van der Waals surface area (Å²) in [6.45, 7) is 0.956. The number of nitrogens with zero attached hydrogens (tertiary/aromatic N) is 2. The van der Waals surface area contributed by atoms with Crippen LogP contribution in [0.1, 0.15) is 23.6 Å². The summed E-state index contributed by atoms with van der Waals surface area (Å²) in [5.41, 5.74) is 0.249. The third-order valence-corrected chi connectivity index (χ3v) is 5.18. The van der Waals surface area contributed by atoms with Gasteiger partial charge in [-0.25, -0.2) is 4.39 Å². The highest BCUT2D eigenvalue weighted by atomic mass is 35.5. The molecule has 1 fully saturated rings. The average molecular weight is 433 g/mol. The van der Waals surface area contributed by atoms with E-state index in [1.165, 1.54) is 47.4 Å². The third-order valence-electron chi connectivity index (χ3n) is 4.94. The van der Waals surface area contributed by atoms with Gasteiger partial charge in [0.15, 0.2) is 0 Å². The number of aromatic hydroxyl groups is 1. The molecule has 1 saturated heterocycles. The zero-order valence-electron chi connectivity index (χ0n) is 16.6. The molecule has 0 spiro atoms. The molecule has 1 atom stereocenters. The van der Waals surface area contributed by atoms with Crippen LogP contribution in [0.15, 0.2) is 48.0 Å². The Bertz CT molecular complexity index is 1000. The fourth-order valence-corrected chi connectivity index (χ4v) is 3.67. The number of ketones is 1. The van der Waals surface area contributed by atoms with Crippen LogP contribution in [0, 0.1) is 5.82 Å². The number of phenolic OH excluding ortho intramolecular Hbond substituents is 1. The van der Waals surface area contributed by atoms with Gasteiger partial charge in [-0.15, -0.1) is 0 Å². The van der Waals surface area contributed by atoms with Crippen molar-refractivity contribution in [3.05, 3.63) is 70.0 Å². The highest BCUT2D eigenvalue weighted by molar-refractivity contribution is 6.46. The molecule has 0 saturated carbocycles. The number of aliphatic hydroxyl groups is 1. The molecule has 6 nitrogen and oxygen atoms in total. The summed E-state index contributed by atoms with van der Waals surface area (Å²) >= 11 is 5.98. The molecule has 2 aromatic carbocycles. The molecular weight excluding hydrogens is 411 g/mol. The Balaban J connectivity index is 2.13. The number of hydrogen-bond acceptors (Lipinski definition) is 5. The Morgan fingerprint density at radius 2 is 1.83 bits per heavy atom. The van der Waals surface area contributed by atoms with E-state index >= 15 is 0 Å².